The second-order valence-electron chi connectivity index (χ2n) is 18.3. The summed E-state index contributed by atoms with van der Waals surface area (Å²) in [5.41, 5.74) is -3.17. The van der Waals surface area contributed by atoms with E-state index in [1.54, 1.807) is 34.6 Å². The molecule has 2 bridgehead atoms. The number of carbonyl (C=O) groups is 1. The van der Waals surface area contributed by atoms with Crippen molar-refractivity contribution in [3.05, 3.63) is 12.2 Å². The fourth-order valence-corrected chi connectivity index (χ4v) is 9.87. The Morgan fingerprint density at radius 3 is 2.32 bits per heavy atom. The second kappa shape index (κ2) is 20.3. The van der Waals surface area contributed by atoms with Gasteiger partial charge in [0.15, 0.2) is 12.6 Å². The Labute approximate surface area is 352 Å². The van der Waals surface area contributed by atoms with Crippen molar-refractivity contribution in [1.29, 1.82) is 0 Å². The molecule has 4 heterocycles. The largest absolute Gasteiger partial charge is 0.459 e. The van der Waals surface area contributed by atoms with Gasteiger partial charge < -0.3 is 58.4 Å². The van der Waals surface area contributed by atoms with Gasteiger partial charge in [-0.2, -0.15) is 0 Å². The second-order valence-corrected chi connectivity index (χ2v) is 18.3. The minimum atomic E-state index is -1.76. The number of hydrogen-bond acceptors (Lipinski definition) is 15. The molecule has 3 unspecified atom stereocenters. The molecule has 0 aliphatic carbocycles. The van der Waals surface area contributed by atoms with Crippen LogP contribution in [-0.2, 0) is 42.7 Å². The zero-order valence-electron chi connectivity index (χ0n) is 37.5. The maximum absolute atomic E-state index is 14.6. The molecule has 59 heavy (non-hydrogen) atoms. The molecule has 0 radical (unpaired) electrons. The molecule has 4 aliphatic heterocycles. The van der Waals surface area contributed by atoms with Crippen molar-refractivity contribution in [3.8, 4) is 12.3 Å². The number of esters is 1. The minimum Gasteiger partial charge on any atom is -0.459 e. The zero-order chi connectivity index (χ0) is 44.2. The lowest BCUT2D eigenvalue weighted by Gasteiger charge is -2.50. The first-order valence-corrected chi connectivity index (χ1v) is 21.3. The van der Waals surface area contributed by atoms with Gasteiger partial charge in [-0.05, 0) is 73.4 Å². The van der Waals surface area contributed by atoms with Gasteiger partial charge in [-0.3, -0.25) is 9.69 Å². The Morgan fingerprint density at radius 1 is 1.03 bits per heavy atom. The SMILES string of the molecule is C#CCCN(C)[C@H]1C[C@@H](C)OC(O[C@@H]2[C@@H](C)[C@H](OC3C[C@@](C)(OC)[C@@H](O)[C@H](C)O3)[C@@H](C)C(=O)O[C@H](CC)[C@@](C)(O)C3OCC(=C)CO[C@]2(C)C[C@@H](C)/C(=N\O)[C@@H]3C)[C@@H]1O. The Morgan fingerprint density at radius 2 is 1.71 bits per heavy atom. The smallest absolute Gasteiger partial charge is 0.311 e. The third-order valence-electron chi connectivity index (χ3n) is 13.5. The van der Waals surface area contributed by atoms with Gasteiger partial charge in [-0.15, -0.1) is 12.3 Å². The summed E-state index contributed by atoms with van der Waals surface area (Å²) < 4.78 is 52.0. The fourth-order valence-electron chi connectivity index (χ4n) is 9.87. The molecule has 0 saturated carbocycles. The maximum atomic E-state index is 14.6. The number of aliphatic hydroxyl groups is 3. The van der Waals surface area contributed by atoms with Crippen molar-refractivity contribution in [3.63, 3.8) is 0 Å². The molecule has 4 aliphatic rings. The topological polar surface area (TPSA) is 187 Å². The van der Waals surface area contributed by atoms with E-state index in [-0.39, 0.29) is 44.6 Å². The standard InChI is InChI=1S/C44H74N2O13/c1-15-17-18-46(13)31-19-26(5)55-41(35(31)47)59-38-28(7)36(58-33-21-42(10,52-14)37(48)30(9)56-33)29(8)40(49)57-32(16-2)44(12,50)39-27(6)34(45-51)25(4)20-43(38,11)54-23-24(3)22-53-39/h1,25-33,35-39,41,47-48,50-51H,3,16-23H2,2,4-14H3/b45-34+/t25-,26-,27+,28+,29-,30+,31+,32-,33?,35-,36+,37+,38-,39?,41?,42-,43-,44-/m1/s1. The Hall–Kier alpha value is -2.20. The van der Waals surface area contributed by atoms with Crippen LogP contribution < -0.4 is 0 Å². The lowest BCUT2D eigenvalue weighted by atomic mass is 9.73. The van der Waals surface area contributed by atoms with Crippen LogP contribution in [0.25, 0.3) is 0 Å². The van der Waals surface area contributed by atoms with E-state index in [9.17, 15) is 25.3 Å². The summed E-state index contributed by atoms with van der Waals surface area (Å²) in [5, 5.41) is 49.9. The minimum absolute atomic E-state index is 0.0170. The number of cyclic esters (lactones) is 1. The van der Waals surface area contributed by atoms with E-state index >= 15 is 0 Å². The van der Waals surface area contributed by atoms with Crippen LogP contribution in [0.15, 0.2) is 17.3 Å². The van der Waals surface area contributed by atoms with Gasteiger partial charge in [0.1, 0.15) is 23.9 Å². The van der Waals surface area contributed by atoms with Crippen LogP contribution in [0.3, 0.4) is 0 Å². The summed E-state index contributed by atoms with van der Waals surface area (Å²) in [5.74, 6) is -0.863. The van der Waals surface area contributed by atoms with Crippen molar-refractivity contribution in [2.24, 2.45) is 28.8 Å². The first-order chi connectivity index (χ1) is 27.6. The zero-order valence-corrected chi connectivity index (χ0v) is 37.5. The Balaban J connectivity index is 1.95. The van der Waals surface area contributed by atoms with Crippen molar-refractivity contribution >= 4 is 11.7 Å². The van der Waals surface area contributed by atoms with E-state index in [2.05, 4.69) is 17.7 Å². The molecule has 0 aromatic carbocycles. The molecule has 0 spiro atoms. The van der Waals surface area contributed by atoms with Gasteiger partial charge in [0.05, 0.1) is 66.6 Å². The third kappa shape index (κ3) is 10.9. The van der Waals surface area contributed by atoms with Gasteiger partial charge in [-0.1, -0.05) is 39.4 Å². The first kappa shape index (κ1) is 49.5. The summed E-state index contributed by atoms with van der Waals surface area (Å²) >= 11 is 0. The molecule has 4 fully saturated rings. The van der Waals surface area contributed by atoms with Crippen molar-refractivity contribution in [2.75, 3.05) is 33.9 Å². The van der Waals surface area contributed by atoms with Crippen LogP contribution >= 0.6 is 0 Å². The molecule has 4 saturated heterocycles. The number of hydrogen-bond donors (Lipinski definition) is 4. The summed E-state index contributed by atoms with van der Waals surface area (Å²) in [7, 11) is 3.43. The number of ether oxygens (including phenoxy) is 8. The van der Waals surface area contributed by atoms with E-state index in [1.807, 2.05) is 46.6 Å². The predicted octanol–water partition coefficient (Wildman–Crippen LogP) is 4.06. The molecule has 18 atom stereocenters. The quantitative estimate of drug-likeness (QED) is 0.0857. The van der Waals surface area contributed by atoms with Crippen LogP contribution in [0.5, 0.6) is 0 Å². The summed E-state index contributed by atoms with van der Waals surface area (Å²) in [4.78, 5) is 16.6. The Bertz CT molecular complexity index is 1490. The highest BCUT2D eigenvalue weighted by Crippen LogP contribution is 2.43. The summed E-state index contributed by atoms with van der Waals surface area (Å²) in [6.07, 6.45) is -2.04. The van der Waals surface area contributed by atoms with E-state index < -0.39 is 102 Å². The Kier molecular flexibility index (Phi) is 17.0. The number of methoxy groups -OCH3 is 1. The highest BCUT2D eigenvalue weighted by Gasteiger charge is 2.55. The normalized spacial score (nSPS) is 46.5. The monoisotopic (exact) mass is 839 g/mol. The molecule has 4 rings (SSSR count). The number of oxime groups is 1. The van der Waals surface area contributed by atoms with E-state index in [1.165, 1.54) is 7.11 Å². The predicted molar refractivity (Wildman–Crippen MR) is 219 cm³/mol. The summed E-state index contributed by atoms with van der Waals surface area (Å²) in [6, 6.07) is -0.357. The van der Waals surface area contributed by atoms with Crippen LogP contribution in [0.2, 0.25) is 0 Å². The molecule has 338 valence electrons. The van der Waals surface area contributed by atoms with Crippen molar-refractivity contribution in [1.82, 2.24) is 4.90 Å². The van der Waals surface area contributed by atoms with Gasteiger partial charge in [0.25, 0.3) is 0 Å². The lowest BCUT2D eigenvalue weighted by molar-refractivity contribution is -0.320. The van der Waals surface area contributed by atoms with Crippen LogP contribution in [0.4, 0.5) is 0 Å². The molecule has 0 amide bonds. The van der Waals surface area contributed by atoms with Gasteiger partial charge in [0, 0.05) is 50.3 Å². The van der Waals surface area contributed by atoms with Crippen LogP contribution in [-0.4, -0.2) is 155 Å². The van der Waals surface area contributed by atoms with E-state index in [0.717, 1.165) is 0 Å². The number of carbonyl (C=O) groups excluding carboxylic acids is 1. The molecule has 15 nitrogen and oxygen atoms in total. The van der Waals surface area contributed by atoms with Gasteiger partial charge in [-0.25, -0.2) is 0 Å². The maximum Gasteiger partial charge on any atom is 0.311 e. The number of terminal acetylenes is 1. The van der Waals surface area contributed by atoms with Crippen molar-refractivity contribution in [2.45, 2.75) is 186 Å². The molecule has 0 aromatic heterocycles. The number of likely N-dealkylation sites (N-methyl/N-ethyl adjacent to an activating group) is 1. The molecule has 15 heteroatoms. The van der Waals surface area contributed by atoms with Crippen LogP contribution in [0, 0.1) is 36.0 Å². The van der Waals surface area contributed by atoms with E-state index in [0.29, 0.717) is 30.7 Å². The average Bonchev–Trinajstić information content (AvgIpc) is 3.19. The highest BCUT2D eigenvalue weighted by molar-refractivity contribution is 5.88. The third-order valence-corrected chi connectivity index (χ3v) is 13.5. The van der Waals surface area contributed by atoms with Gasteiger partial charge in [0.2, 0.25) is 0 Å². The fraction of sp³-hybridized carbons (Fsp3) is 0.864. The molecule has 0 aromatic rings. The molecular weight excluding hydrogens is 764 g/mol. The lowest BCUT2D eigenvalue weighted by Crippen LogP contribution is -2.62. The van der Waals surface area contributed by atoms with Crippen LogP contribution in [0.1, 0.15) is 101 Å². The number of fused-ring (bicyclic) bond motifs is 5. The number of rotatable bonds is 9. The molecular formula is C44H74N2O13. The van der Waals surface area contributed by atoms with E-state index in [4.69, 9.17) is 44.3 Å². The molecule has 4 N–H and O–H groups in total. The average molecular weight is 839 g/mol. The summed E-state index contributed by atoms with van der Waals surface area (Å²) in [6.45, 7) is 22.8. The number of nitrogens with zero attached hydrogens (tertiary/aromatic N) is 2. The van der Waals surface area contributed by atoms with Crippen molar-refractivity contribution < 1.29 is 63.2 Å². The highest BCUT2D eigenvalue weighted by atomic mass is 16.7. The number of aliphatic hydroxyl groups excluding tert-OH is 2. The van der Waals surface area contributed by atoms with Gasteiger partial charge >= 0.3 is 5.97 Å². The first-order valence-electron chi connectivity index (χ1n) is 21.3.